The van der Waals surface area contributed by atoms with Crippen molar-refractivity contribution in [3.05, 3.63) is 0 Å². The van der Waals surface area contributed by atoms with Crippen LogP contribution in [0.5, 0.6) is 0 Å². The maximum atomic E-state index is 10.7. The minimum absolute atomic E-state index is 0.00926. The highest BCUT2D eigenvalue weighted by molar-refractivity contribution is 5.78. The lowest BCUT2D eigenvalue weighted by Gasteiger charge is -2.34. The molecule has 8 heteroatoms. The summed E-state index contributed by atoms with van der Waals surface area (Å²) < 4.78 is 0. The quantitative estimate of drug-likeness (QED) is 0.126. The summed E-state index contributed by atoms with van der Waals surface area (Å²) in [5, 5.41) is 55.0. The van der Waals surface area contributed by atoms with Gasteiger partial charge in [-0.15, -0.1) is 0 Å². The summed E-state index contributed by atoms with van der Waals surface area (Å²) in [5.41, 5.74) is -0.831. The third kappa shape index (κ3) is 28.2. The summed E-state index contributed by atoms with van der Waals surface area (Å²) in [7, 11) is 0. The van der Waals surface area contributed by atoms with Crippen LogP contribution in [0.15, 0.2) is 0 Å². The van der Waals surface area contributed by atoms with Crippen molar-refractivity contribution in [2.75, 3.05) is 6.61 Å². The molecule has 8 nitrogen and oxygen atoms in total. The van der Waals surface area contributed by atoms with E-state index in [0.717, 1.165) is 148 Å². The minimum Gasteiger partial charge on any atom is -0.481 e. The largest absolute Gasteiger partial charge is 0.481 e. The number of rotatable bonds is 10. The average molecular weight is 1060 g/mol. The average Bonchev–Trinajstić information content (AvgIpc) is 4.14. The van der Waals surface area contributed by atoms with Crippen LogP contribution < -0.4 is 0 Å². The fourth-order valence-corrected chi connectivity index (χ4v) is 12.0. The van der Waals surface area contributed by atoms with Gasteiger partial charge < -0.3 is 30.6 Å². The van der Waals surface area contributed by atoms with Crippen molar-refractivity contribution in [2.24, 2.45) is 99.1 Å². The molecule has 8 saturated carbocycles. The number of carboxylic acid groups (broad SMARTS) is 2. The first-order valence-corrected chi connectivity index (χ1v) is 31.8. The van der Waals surface area contributed by atoms with Crippen LogP contribution in [0, 0.1) is 99.1 Å². The van der Waals surface area contributed by atoms with Gasteiger partial charge in [-0.05, 0) is 243 Å². The van der Waals surface area contributed by atoms with E-state index in [9.17, 15) is 24.9 Å². The molecular weight excluding hydrogens is 933 g/mol. The first kappa shape index (κ1) is 71.8. The van der Waals surface area contributed by atoms with E-state index < -0.39 is 17.4 Å². The standard InChI is InChI=1S/C10H18O2.2C10H20O.C9H18O.C8H14O2.C7H14O.C7H14.C6H12/c1-7(2)8-3-5-9(6-4-8)10(11)12;2*1-8(2)9-4-6-10(3,11)7-5-9;1-7(2)8-3-5-9(10)6-4-8;1-7(2,3)8(4-5-8)6(9)10;1-6(2)7(5-8)3-4-7;1-6(2)7-4-3-5-7;1-5(2)6-3-4-6/h7-9H,3-6H2,1-2H3,(H,11,12);2*8-9,11H,4-7H2,1-3H3;7-10H,3-6H2,1-2H3;4-5H2,1-3H3,(H,9,10);6,8H,3-5H2,1-2H3;6-7H,3-5H2,1-2H3;5-6H,3-4H2,1-2H3. The Morgan fingerprint density at radius 3 is 0.867 bits per heavy atom. The van der Waals surface area contributed by atoms with Crippen molar-refractivity contribution in [2.45, 2.75) is 309 Å². The van der Waals surface area contributed by atoms with E-state index in [1.807, 2.05) is 34.6 Å². The van der Waals surface area contributed by atoms with Crippen LogP contribution in [0.4, 0.5) is 0 Å². The molecule has 0 aromatic heterocycles. The molecule has 0 saturated heterocycles. The fraction of sp³-hybridized carbons (Fsp3) is 0.970. The summed E-state index contributed by atoms with van der Waals surface area (Å²) in [5.74, 6) is 9.98. The lowest BCUT2D eigenvalue weighted by molar-refractivity contribution is -0.147. The minimum atomic E-state index is -0.625. The van der Waals surface area contributed by atoms with Gasteiger partial charge in [-0.25, -0.2) is 0 Å². The summed E-state index contributed by atoms with van der Waals surface area (Å²) in [6, 6.07) is 0. The van der Waals surface area contributed by atoms with Gasteiger partial charge in [0.1, 0.15) is 0 Å². The molecular formula is C67H130O8. The van der Waals surface area contributed by atoms with Gasteiger partial charge in [0.05, 0.1) is 28.6 Å². The maximum absolute atomic E-state index is 10.7. The van der Waals surface area contributed by atoms with E-state index in [-0.39, 0.29) is 28.6 Å². The molecule has 0 spiro atoms. The summed E-state index contributed by atoms with van der Waals surface area (Å²) >= 11 is 0. The van der Waals surface area contributed by atoms with Gasteiger partial charge >= 0.3 is 11.9 Å². The first-order valence-electron chi connectivity index (χ1n) is 31.8. The zero-order valence-electron chi connectivity index (χ0n) is 53.0. The Morgan fingerprint density at radius 2 is 0.720 bits per heavy atom. The normalized spacial score (nSPS) is 30.6. The molecule has 6 N–H and O–H groups in total. The molecule has 8 aliphatic carbocycles. The predicted octanol–water partition coefficient (Wildman–Crippen LogP) is 17.7. The lowest BCUT2D eigenvalue weighted by Crippen LogP contribution is -2.31. The molecule has 8 fully saturated rings. The van der Waals surface area contributed by atoms with Gasteiger partial charge in [-0.1, -0.05) is 137 Å². The second-order valence-corrected chi connectivity index (χ2v) is 30.0. The molecule has 0 aliphatic heterocycles. The second kappa shape index (κ2) is 33.5. The van der Waals surface area contributed by atoms with Gasteiger partial charge in [-0.2, -0.15) is 0 Å². The van der Waals surface area contributed by atoms with Gasteiger partial charge in [0.2, 0.25) is 0 Å². The smallest absolute Gasteiger partial charge is 0.310 e. The number of carboxylic acids is 2. The topological polar surface area (TPSA) is 156 Å². The Balaban J connectivity index is 0.000000432. The second-order valence-electron chi connectivity index (χ2n) is 30.0. The van der Waals surface area contributed by atoms with Crippen molar-refractivity contribution in [3.63, 3.8) is 0 Å². The molecule has 0 atom stereocenters. The van der Waals surface area contributed by atoms with E-state index in [0.29, 0.717) is 17.9 Å². The van der Waals surface area contributed by atoms with Crippen LogP contribution in [-0.2, 0) is 9.59 Å². The number of aliphatic hydroxyl groups is 4. The Bertz CT molecular complexity index is 1450. The van der Waals surface area contributed by atoms with Crippen LogP contribution in [0.25, 0.3) is 0 Å². The SMILES string of the molecule is CC(C)(C)C1(C(=O)O)CC1.CC(C)C1(CO)CC1.CC(C)C1CC1.CC(C)C1CCC(C(=O)O)CC1.CC(C)C1CCC(C)(O)CC1.CC(C)C1CCC(C)(O)CC1.CC(C)C1CCC(O)CC1.CC(C)C1CCC1. The third-order valence-corrected chi connectivity index (χ3v) is 20.5. The van der Waals surface area contributed by atoms with Crippen LogP contribution in [0.2, 0.25) is 0 Å². The van der Waals surface area contributed by atoms with E-state index in [2.05, 4.69) is 96.9 Å². The zero-order chi connectivity index (χ0) is 57.7. The van der Waals surface area contributed by atoms with E-state index in [4.69, 9.17) is 15.3 Å². The first-order chi connectivity index (χ1) is 34.6. The van der Waals surface area contributed by atoms with E-state index in [1.54, 1.807) is 0 Å². The number of carbonyl (C=O) groups is 2. The fourth-order valence-electron chi connectivity index (χ4n) is 12.0. The lowest BCUT2D eigenvalue weighted by atomic mass is 9.75. The molecule has 0 aromatic carbocycles. The summed E-state index contributed by atoms with van der Waals surface area (Å²) in [4.78, 5) is 21.4. The van der Waals surface area contributed by atoms with Crippen LogP contribution >= 0.6 is 0 Å². The Labute approximate surface area is 465 Å². The van der Waals surface area contributed by atoms with Crippen LogP contribution in [-0.4, -0.2) is 66.5 Å². The molecule has 0 radical (unpaired) electrons. The van der Waals surface area contributed by atoms with Gasteiger partial charge in [-0.3, -0.25) is 9.59 Å². The maximum Gasteiger partial charge on any atom is 0.310 e. The molecule has 8 rings (SSSR count). The van der Waals surface area contributed by atoms with Crippen LogP contribution in [0.3, 0.4) is 0 Å². The highest BCUT2D eigenvalue weighted by Crippen LogP contribution is 2.58. The highest BCUT2D eigenvalue weighted by atomic mass is 16.4. The highest BCUT2D eigenvalue weighted by Gasteiger charge is 2.58. The monoisotopic (exact) mass is 1060 g/mol. The number of aliphatic carboxylic acids is 2. The van der Waals surface area contributed by atoms with Crippen molar-refractivity contribution >= 4 is 11.9 Å². The predicted molar refractivity (Wildman–Crippen MR) is 318 cm³/mol. The Hall–Kier alpha value is -1.22. The molecule has 8 aliphatic rings. The zero-order valence-corrected chi connectivity index (χ0v) is 53.0. The number of aliphatic hydroxyl groups excluding tert-OH is 2. The van der Waals surface area contributed by atoms with E-state index >= 15 is 0 Å². The molecule has 0 amide bonds. The molecule has 0 heterocycles. The molecule has 0 unspecified atom stereocenters. The van der Waals surface area contributed by atoms with Crippen molar-refractivity contribution < 1.29 is 40.2 Å². The van der Waals surface area contributed by atoms with Crippen molar-refractivity contribution in [3.8, 4) is 0 Å². The molecule has 75 heavy (non-hydrogen) atoms. The molecule has 446 valence electrons. The van der Waals surface area contributed by atoms with Gasteiger partial charge in [0, 0.05) is 6.61 Å². The Kier molecular flexibility index (Phi) is 32.1. The molecule has 0 aromatic rings. The van der Waals surface area contributed by atoms with Crippen LogP contribution in [0.1, 0.15) is 292 Å². The summed E-state index contributed by atoms with van der Waals surface area (Å²) in [6.45, 7) is 42.1. The van der Waals surface area contributed by atoms with Gasteiger partial charge in [0.25, 0.3) is 0 Å². The van der Waals surface area contributed by atoms with E-state index in [1.165, 1.54) is 83.5 Å². The third-order valence-electron chi connectivity index (χ3n) is 20.5. The number of hydrogen-bond acceptors (Lipinski definition) is 6. The molecule has 0 bridgehead atoms. The summed E-state index contributed by atoms with van der Waals surface area (Å²) in [6.07, 6.45) is 29.0. The van der Waals surface area contributed by atoms with Crippen molar-refractivity contribution in [1.29, 1.82) is 0 Å². The number of hydrogen-bond donors (Lipinski definition) is 6. The Morgan fingerprint density at radius 1 is 0.440 bits per heavy atom. The van der Waals surface area contributed by atoms with Gasteiger partial charge in [0.15, 0.2) is 0 Å². The van der Waals surface area contributed by atoms with Crippen molar-refractivity contribution in [1.82, 2.24) is 0 Å².